The lowest BCUT2D eigenvalue weighted by Crippen LogP contribution is -2.24. The number of aryl methyl sites for hydroxylation is 1. The first-order chi connectivity index (χ1) is 12.6. The zero-order valence-corrected chi connectivity index (χ0v) is 15.9. The van der Waals surface area contributed by atoms with Gasteiger partial charge in [0.2, 0.25) is 5.91 Å². The number of hydrogen-bond donors (Lipinski definition) is 2. The fourth-order valence-electron chi connectivity index (χ4n) is 3.22. The van der Waals surface area contributed by atoms with Gasteiger partial charge in [0.15, 0.2) is 0 Å². The first-order valence-electron chi connectivity index (χ1n) is 9.10. The quantitative estimate of drug-likeness (QED) is 0.728. The Labute approximate surface area is 158 Å². The molecule has 1 aromatic heterocycles. The van der Waals surface area contributed by atoms with Gasteiger partial charge in [-0.2, -0.15) is 0 Å². The molecule has 2 N–H and O–H groups in total. The van der Waals surface area contributed by atoms with Gasteiger partial charge in [0.25, 0.3) is 5.91 Å². The number of carbonyl (C=O) groups excluding carboxylic acids is 2. The third-order valence-electron chi connectivity index (χ3n) is 4.54. The minimum absolute atomic E-state index is 0.0244. The van der Waals surface area contributed by atoms with E-state index in [0.29, 0.717) is 24.3 Å². The Bertz CT molecular complexity index is 752. The molecule has 1 aliphatic heterocycles. The van der Waals surface area contributed by atoms with Gasteiger partial charge in [-0.25, -0.2) is 0 Å². The summed E-state index contributed by atoms with van der Waals surface area (Å²) < 4.78 is 0. The lowest BCUT2D eigenvalue weighted by Gasteiger charge is -2.20. The Morgan fingerprint density at radius 1 is 1.19 bits per heavy atom. The summed E-state index contributed by atoms with van der Waals surface area (Å²) in [5, 5.41) is 7.66. The number of amides is 2. The maximum atomic E-state index is 12.1. The van der Waals surface area contributed by atoms with Gasteiger partial charge in [-0.3, -0.25) is 9.59 Å². The van der Waals surface area contributed by atoms with Crippen molar-refractivity contribution in [2.24, 2.45) is 0 Å². The largest absolute Gasteiger partial charge is 0.371 e. The molecular formula is C20H25N3O2S. The second-order valence-electron chi connectivity index (χ2n) is 6.58. The summed E-state index contributed by atoms with van der Waals surface area (Å²) in [6.45, 7) is 4.81. The van der Waals surface area contributed by atoms with Crippen LogP contribution in [-0.2, 0) is 4.79 Å². The van der Waals surface area contributed by atoms with E-state index in [2.05, 4.69) is 28.5 Å². The average molecular weight is 372 g/mol. The van der Waals surface area contributed by atoms with Crippen molar-refractivity contribution in [3.8, 4) is 0 Å². The summed E-state index contributed by atoms with van der Waals surface area (Å²) in [4.78, 5) is 27.0. The number of carbonyl (C=O) groups is 2. The monoisotopic (exact) mass is 371 g/mol. The highest BCUT2D eigenvalue weighted by Gasteiger charge is 2.14. The summed E-state index contributed by atoms with van der Waals surface area (Å²) in [7, 11) is 0. The summed E-state index contributed by atoms with van der Waals surface area (Å²) in [6, 6.07) is 9.74. The highest BCUT2D eigenvalue weighted by Crippen LogP contribution is 2.26. The Morgan fingerprint density at radius 2 is 2.00 bits per heavy atom. The van der Waals surface area contributed by atoms with Crippen LogP contribution < -0.4 is 15.5 Å². The van der Waals surface area contributed by atoms with Crippen molar-refractivity contribution in [1.82, 2.24) is 5.32 Å². The number of nitrogens with one attached hydrogen (secondary N) is 2. The third kappa shape index (κ3) is 4.85. The van der Waals surface area contributed by atoms with Gasteiger partial charge in [-0.1, -0.05) is 6.07 Å². The van der Waals surface area contributed by atoms with Gasteiger partial charge in [0.1, 0.15) is 0 Å². The van der Waals surface area contributed by atoms with Crippen LogP contribution in [0.1, 0.15) is 40.9 Å². The lowest BCUT2D eigenvalue weighted by atomic mass is 10.1. The molecule has 1 saturated heterocycles. The predicted octanol–water partition coefficient (Wildman–Crippen LogP) is 3.81. The SMILES string of the molecule is Cc1cc(NC(=O)CCCNC(=O)c2cccs2)ccc1N1CCCC1. The Kier molecular flexibility index (Phi) is 6.28. The molecule has 2 heterocycles. The van der Waals surface area contributed by atoms with Crippen LogP contribution in [-0.4, -0.2) is 31.4 Å². The zero-order chi connectivity index (χ0) is 18.4. The molecule has 1 aliphatic rings. The van der Waals surface area contributed by atoms with Crippen molar-refractivity contribution in [2.45, 2.75) is 32.6 Å². The molecule has 0 bridgehead atoms. The van der Waals surface area contributed by atoms with E-state index in [4.69, 9.17) is 0 Å². The second kappa shape index (κ2) is 8.85. The average Bonchev–Trinajstić information content (AvgIpc) is 3.32. The van der Waals surface area contributed by atoms with Crippen LogP contribution in [0.5, 0.6) is 0 Å². The molecule has 5 nitrogen and oxygen atoms in total. The van der Waals surface area contributed by atoms with Gasteiger partial charge in [0, 0.05) is 37.4 Å². The third-order valence-corrected chi connectivity index (χ3v) is 5.41. The summed E-state index contributed by atoms with van der Waals surface area (Å²) in [6.07, 6.45) is 3.51. The molecule has 1 fully saturated rings. The molecule has 138 valence electrons. The molecule has 0 spiro atoms. The summed E-state index contributed by atoms with van der Waals surface area (Å²) in [5.74, 6) is -0.0998. The van der Waals surface area contributed by atoms with Gasteiger partial charge in [-0.05, 0) is 61.4 Å². The van der Waals surface area contributed by atoms with Gasteiger partial charge in [0.05, 0.1) is 4.88 Å². The number of thiophene rings is 1. The van der Waals surface area contributed by atoms with Crippen LogP contribution in [0.3, 0.4) is 0 Å². The van der Waals surface area contributed by atoms with Crippen molar-refractivity contribution in [3.63, 3.8) is 0 Å². The number of nitrogens with zero attached hydrogens (tertiary/aromatic N) is 1. The van der Waals surface area contributed by atoms with Crippen molar-refractivity contribution in [3.05, 3.63) is 46.2 Å². The molecule has 0 radical (unpaired) electrons. The standard InChI is InChI=1S/C20H25N3O2S/c1-15-14-16(8-9-17(15)23-11-2-3-12-23)22-19(24)7-4-10-21-20(25)18-6-5-13-26-18/h5-6,8-9,13-14H,2-4,7,10-12H2,1H3,(H,21,25)(H,22,24). The van der Waals surface area contributed by atoms with E-state index < -0.39 is 0 Å². The molecular weight excluding hydrogens is 346 g/mol. The minimum atomic E-state index is -0.0754. The molecule has 6 heteroatoms. The van der Waals surface area contributed by atoms with Crippen molar-refractivity contribution < 1.29 is 9.59 Å². The van der Waals surface area contributed by atoms with Crippen LogP contribution in [0.15, 0.2) is 35.7 Å². The fraction of sp³-hybridized carbons (Fsp3) is 0.400. The Balaban J connectivity index is 1.41. The lowest BCUT2D eigenvalue weighted by molar-refractivity contribution is -0.116. The highest BCUT2D eigenvalue weighted by molar-refractivity contribution is 7.12. The Morgan fingerprint density at radius 3 is 2.69 bits per heavy atom. The number of anilines is 2. The van der Waals surface area contributed by atoms with E-state index in [1.54, 1.807) is 6.07 Å². The minimum Gasteiger partial charge on any atom is -0.371 e. The van der Waals surface area contributed by atoms with E-state index in [1.165, 1.54) is 35.4 Å². The number of hydrogen-bond acceptors (Lipinski definition) is 4. The number of benzene rings is 1. The Hall–Kier alpha value is -2.34. The second-order valence-corrected chi connectivity index (χ2v) is 7.53. The van der Waals surface area contributed by atoms with Crippen LogP contribution >= 0.6 is 11.3 Å². The van der Waals surface area contributed by atoms with E-state index >= 15 is 0 Å². The molecule has 2 amide bonds. The summed E-state index contributed by atoms with van der Waals surface area (Å²) >= 11 is 1.41. The summed E-state index contributed by atoms with van der Waals surface area (Å²) in [5.41, 5.74) is 3.28. The van der Waals surface area contributed by atoms with E-state index in [9.17, 15) is 9.59 Å². The first kappa shape index (κ1) is 18.5. The van der Waals surface area contributed by atoms with Crippen molar-refractivity contribution >= 4 is 34.5 Å². The molecule has 26 heavy (non-hydrogen) atoms. The molecule has 0 atom stereocenters. The normalized spacial score (nSPS) is 13.7. The number of rotatable bonds is 7. The first-order valence-corrected chi connectivity index (χ1v) is 9.98. The smallest absolute Gasteiger partial charge is 0.261 e. The molecule has 0 aliphatic carbocycles. The molecule has 3 rings (SSSR count). The zero-order valence-electron chi connectivity index (χ0n) is 15.1. The maximum absolute atomic E-state index is 12.1. The fourth-order valence-corrected chi connectivity index (χ4v) is 3.86. The predicted molar refractivity (Wildman–Crippen MR) is 107 cm³/mol. The van der Waals surface area contributed by atoms with Crippen LogP contribution in [0.2, 0.25) is 0 Å². The van der Waals surface area contributed by atoms with Gasteiger partial charge in [-0.15, -0.1) is 11.3 Å². The van der Waals surface area contributed by atoms with Crippen LogP contribution in [0.4, 0.5) is 11.4 Å². The molecule has 2 aromatic rings. The van der Waals surface area contributed by atoms with E-state index in [-0.39, 0.29) is 11.8 Å². The molecule has 0 unspecified atom stereocenters. The topological polar surface area (TPSA) is 61.4 Å². The molecule has 1 aromatic carbocycles. The highest BCUT2D eigenvalue weighted by atomic mass is 32.1. The molecule has 0 saturated carbocycles. The van der Waals surface area contributed by atoms with Crippen LogP contribution in [0.25, 0.3) is 0 Å². The van der Waals surface area contributed by atoms with E-state index in [0.717, 1.165) is 18.8 Å². The van der Waals surface area contributed by atoms with Crippen molar-refractivity contribution in [2.75, 3.05) is 29.9 Å². The van der Waals surface area contributed by atoms with Gasteiger partial charge < -0.3 is 15.5 Å². The van der Waals surface area contributed by atoms with Crippen molar-refractivity contribution in [1.29, 1.82) is 0 Å². The van der Waals surface area contributed by atoms with Crippen LogP contribution in [0, 0.1) is 6.92 Å². The van der Waals surface area contributed by atoms with Gasteiger partial charge >= 0.3 is 0 Å². The maximum Gasteiger partial charge on any atom is 0.261 e. The van der Waals surface area contributed by atoms with E-state index in [1.807, 2.05) is 23.6 Å².